The normalized spacial score (nSPS) is 20.3. The first-order valence-corrected chi connectivity index (χ1v) is 6.44. The van der Waals surface area contributed by atoms with Crippen LogP contribution in [-0.4, -0.2) is 42.5 Å². The average molecular weight is 244 g/mol. The van der Waals surface area contributed by atoms with Gasteiger partial charge >= 0.3 is 6.03 Å². The lowest BCUT2D eigenvalue weighted by molar-refractivity contribution is 0.109. The first kappa shape index (κ1) is 14.3. The molecular weight excluding hydrogens is 220 g/mol. The highest BCUT2D eigenvalue weighted by atomic mass is 16.5. The number of hydrogen-bond donors (Lipinski definition) is 3. The molecule has 1 aliphatic rings. The molecule has 100 valence electrons. The zero-order chi connectivity index (χ0) is 12.7. The minimum Gasteiger partial charge on any atom is -0.394 e. The highest BCUT2D eigenvalue weighted by molar-refractivity contribution is 5.74. The number of amides is 2. The molecule has 1 atom stereocenters. The molecule has 17 heavy (non-hydrogen) atoms. The smallest absolute Gasteiger partial charge is 0.315 e. The topological polar surface area (TPSA) is 70.6 Å². The number of ether oxygens (including phenoxy) is 1. The summed E-state index contributed by atoms with van der Waals surface area (Å²) in [5.74, 6) is 0. The fraction of sp³-hybridized carbons (Fsp3) is 0.917. The summed E-state index contributed by atoms with van der Waals surface area (Å²) < 4.78 is 5.42. The van der Waals surface area contributed by atoms with Crippen molar-refractivity contribution < 1.29 is 14.6 Å². The van der Waals surface area contributed by atoms with E-state index in [1.807, 2.05) is 13.8 Å². The molecule has 1 rings (SSSR count). The lowest BCUT2D eigenvalue weighted by Gasteiger charge is -2.30. The fourth-order valence-corrected chi connectivity index (χ4v) is 1.99. The molecule has 0 aromatic heterocycles. The molecule has 1 saturated heterocycles. The number of hydrogen-bond acceptors (Lipinski definition) is 3. The molecule has 3 N–H and O–H groups in total. The van der Waals surface area contributed by atoms with Crippen molar-refractivity contribution in [2.24, 2.45) is 0 Å². The van der Waals surface area contributed by atoms with E-state index in [4.69, 9.17) is 4.74 Å². The highest BCUT2D eigenvalue weighted by Crippen LogP contribution is 2.14. The molecule has 1 aliphatic heterocycles. The molecule has 0 aromatic carbocycles. The molecule has 0 bridgehead atoms. The first-order valence-electron chi connectivity index (χ1n) is 6.44. The van der Waals surface area contributed by atoms with Gasteiger partial charge in [-0.2, -0.15) is 0 Å². The van der Waals surface area contributed by atoms with Crippen LogP contribution in [0, 0.1) is 0 Å². The van der Waals surface area contributed by atoms with Gasteiger partial charge in [0, 0.05) is 13.2 Å². The molecule has 0 aromatic rings. The van der Waals surface area contributed by atoms with E-state index in [1.54, 1.807) is 0 Å². The van der Waals surface area contributed by atoms with Gasteiger partial charge in [0.2, 0.25) is 0 Å². The second-order valence-electron chi connectivity index (χ2n) is 4.62. The quantitative estimate of drug-likeness (QED) is 0.653. The van der Waals surface area contributed by atoms with Gasteiger partial charge in [0.05, 0.1) is 18.2 Å². The van der Waals surface area contributed by atoms with E-state index in [-0.39, 0.29) is 18.7 Å². The summed E-state index contributed by atoms with van der Waals surface area (Å²) in [7, 11) is 0. The molecule has 0 aliphatic carbocycles. The van der Waals surface area contributed by atoms with Crippen LogP contribution < -0.4 is 10.6 Å². The van der Waals surface area contributed by atoms with Crippen LogP contribution in [0.2, 0.25) is 0 Å². The second-order valence-corrected chi connectivity index (χ2v) is 4.62. The van der Waals surface area contributed by atoms with E-state index in [2.05, 4.69) is 10.6 Å². The third-order valence-electron chi connectivity index (χ3n) is 3.55. The Morgan fingerprint density at radius 2 is 2.18 bits per heavy atom. The maximum absolute atomic E-state index is 11.7. The third kappa shape index (κ3) is 4.16. The number of carbonyl (C=O) groups excluding carboxylic acids is 1. The highest BCUT2D eigenvalue weighted by Gasteiger charge is 2.27. The van der Waals surface area contributed by atoms with Gasteiger partial charge in [-0.3, -0.25) is 0 Å². The van der Waals surface area contributed by atoms with Gasteiger partial charge in [0.25, 0.3) is 0 Å². The number of urea groups is 1. The average Bonchev–Trinajstić information content (AvgIpc) is 2.87. The molecule has 0 unspecified atom stereocenters. The Balaban J connectivity index is 2.31. The molecule has 0 radical (unpaired) electrons. The SMILES string of the molecule is CCC(CC)(CO)NC(=O)NC[C@H]1CCCO1. The maximum Gasteiger partial charge on any atom is 0.315 e. The van der Waals surface area contributed by atoms with Crippen molar-refractivity contribution in [1.29, 1.82) is 0 Å². The molecule has 5 heteroatoms. The van der Waals surface area contributed by atoms with Crippen molar-refractivity contribution >= 4 is 6.03 Å². The number of rotatable bonds is 6. The van der Waals surface area contributed by atoms with Gasteiger partial charge in [-0.15, -0.1) is 0 Å². The van der Waals surface area contributed by atoms with Gasteiger partial charge < -0.3 is 20.5 Å². The van der Waals surface area contributed by atoms with Crippen LogP contribution in [0.3, 0.4) is 0 Å². The summed E-state index contributed by atoms with van der Waals surface area (Å²) in [4.78, 5) is 11.7. The molecule has 1 heterocycles. The molecule has 0 saturated carbocycles. The van der Waals surface area contributed by atoms with Gasteiger partial charge in [-0.1, -0.05) is 13.8 Å². The van der Waals surface area contributed by atoms with Gasteiger partial charge in [-0.25, -0.2) is 4.79 Å². The number of aliphatic hydroxyl groups excluding tert-OH is 1. The van der Waals surface area contributed by atoms with Crippen LogP contribution in [0.25, 0.3) is 0 Å². The summed E-state index contributed by atoms with van der Waals surface area (Å²) in [5, 5.41) is 15.0. The number of aliphatic hydroxyl groups is 1. The lowest BCUT2D eigenvalue weighted by Crippen LogP contribution is -2.54. The van der Waals surface area contributed by atoms with E-state index in [0.29, 0.717) is 19.4 Å². The van der Waals surface area contributed by atoms with Crippen LogP contribution in [0.1, 0.15) is 39.5 Å². The third-order valence-corrected chi connectivity index (χ3v) is 3.55. The van der Waals surface area contributed by atoms with Gasteiger partial charge in [0.1, 0.15) is 0 Å². The standard InChI is InChI=1S/C12H24N2O3/c1-3-12(4-2,9-15)14-11(16)13-8-10-6-5-7-17-10/h10,15H,3-9H2,1-2H3,(H2,13,14,16)/t10-/m1/s1. The monoisotopic (exact) mass is 244 g/mol. The number of carbonyl (C=O) groups is 1. The van der Waals surface area contributed by atoms with Crippen LogP contribution in [0.4, 0.5) is 4.79 Å². The van der Waals surface area contributed by atoms with Gasteiger partial charge in [0.15, 0.2) is 0 Å². The molecule has 1 fully saturated rings. The van der Waals surface area contributed by atoms with Crippen LogP contribution in [0.15, 0.2) is 0 Å². The van der Waals surface area contributed by atoms with Crippen molar-refractivity contribution in [3.63, 3.8) is 0 Å². The summed E-state index contributed by atoms with van der Waals surface area (Å²) >= 11 is 0. The Bertz CT molecular complexity index is 228. The Morgan fingerprint density at radius 3 is 2.65 bits per heavy atom. The van der Waals surface area contributed by atoms with Crippen molar-refractivity contribution in [2.45, 2.75) is 51.2 Å². The van der Waals surface area contributed by atoms with E-state index >= 15 is 0 Å². The lowest BCUT2D eigenvalue weighted by atomic mass is 9.94. The van der Waals surface area contributed by atoms with Crippen LogP contribution in [0.5, 0.6) is 0 Å². The molecule has 0 spiro atoms. The second kappa shape index (κ2) is 6.81. The van der Waals surface area contributed by atoms with E-state index in [9.17, 15) is 9.90 Å². The minimum absolute atomic E-state index is 0.0344. The first-order chi connectivity index (χ1) is 8.15. The Labute approximate surface area is 103 Å². The van der Waals surface area contributed by atoms with E-state index in [1.165, 1.54) is 0 Å². The molecule has 5 nitrogen and oxygen atoms in total. The van der Waals surface area contributed by atoms with Crippen molar-refractivity contribution in [3.8, 4) is 0 Å². The summed E-state index contributed by atoms with van der Waals surface area (Å²) in [6, 6.07) is -0.224. The predicted molar refractivity (Wildman–Crippen MR) is 65.9 cm³/mol. The van der Waals surface area contributed by atoms with Crippen molar-refractivity contribution in [1.82, 2.24) is 10.6 Å². The largest absolute Gasteiger partial charge is 0.394 e. The zero-order valence-corrected chi connectivity index (χ0v) is 10.8. The van der Waals surface area contributed by atoms with Crippen molar-refractivity contribution in [3.05, 3.63) is 0 Å². The Hall–Kier alpha value is -0.810. The van der Waals surface area contributed by atoms with Crippen LogP contribution in [-0.2, 0) is 4.74 Å². The van der Waals surface area contributed by atoms with E-state index < -0.39 is 5.54 Å². The fourth-order valence-electron chi connectivity index (χ4n) is 1.99. The Morgan fingerprint density at radius 1 is 1.47 bits per heavy atom. The predicted octanol–water partition coefficient (Wildman–Crippen LogP) is 1.02. The summed E-state index contributed by atoms with van der Waals surface area (Å²) in [5.41, 5.74) is -0.499. The molecular formula is C12H24N2O3. The minimum atomic E-state index is -0.499. The maximum atomic E-state index is 11.7. The van der Waals surface area contributed by atoms with Crippen molar-refractivity contribution in [2.75, 3.05) is 19.8 Å². The summed E-state index contributed by atoms with van der Waals surface area (Å²) in [6.45, 7) is 5.22. The van der Waals surface area contributed by atoms with E-state index in [0.717, 1.165) is 19.4 Å². The zero-order valence-electron chi connectivity index (χ0n) is 10.8. The Kier molecular flexibility index (Phi) is 5.71. The van der Waals surface area contributed by atoms with Crippen LogP contribution >= 0.6 is 0 Å². The molecule has 2 amide bonds. The van der Waals surface area contributed by atoms with Gasteiger partial charge in [-0.05, 0) is 25.7 Å². The summed E-state index contributed by atoms with van der Waals surface area (Å²) in [6.07, 6.45) is 3.65. The number of nitrogens with one attached hydrogen (secondary N) is 2.